The predicted octanol–water partition coefficient (Wildman–Crippen LogP) is 1.73. The first-order valence-electron chi connectivity index (χ1n) is 4.28. The molecule has 0 rings (SSSR count). The number of allylic oxidation sites excluding steroid dienone is 1. The quantitative estimate of drug-likeness (QED) is 0.423. The summed E-state index contributed by atoms with van der Waals surface area (Å²) >= 11 is 0. The summed E-state index contributed by atoms with van der Waals surface area (Å²) in [6.07, 6.45) is 2.92. The van der Waals surface area contributed by atoms with E-state index in [1.165, 1.54) is 6.20 Å². The number of esters is 1. The van der Waals surface area contributed by atoms with Gasteiger partial charge in [0.1, 0.15) is 5.82 Å². The first-order valence-corrected chi connectivity index (χ1v) is 4.28. The highest BCUT2D eigenvalue weighted by atomic mass is 16.5. The van der Waals surface area contributed by atoms with Crippen molar-refractivity contribution in [1.29, 1.82) is 0 Å². The molecule has 0 aliphatic carbocycles. The number of nitrogens with zero attached hydrogens (tertiary/aromatic N) is 2. The Balaban J connectivity index is 4.25. The first kappa shape index (κ1) is 12.3. The molecule has 5 nitrogen and oxygen atoms in total. The monoisotopic (exact) mass is 197 g/mol. The van der Waals surface area contributed by atoms with Gasteiger partial charge in [-0.05, 0) is 26.8 Å². The van der Waals surface area contributed by atoms with Crippen LogP contribution < -0.4 is 5.73 Å². The van der Waals surface area contributed by atoms with E-state index >= 15 is 0 Å². The Hall–Kier alpha value is -1.65. The van der Waals surface area contributed by atoms with E-state index in [0.29, 0.717) is 18.0 Å². The van der Waals surface area contributed by atoms with Gasteiger partial charge in [0, 0.05) is 0 Å². The molecule has 0 aromatic heterocycles. The summed E-state index contributed by atoms with van der Waals surface area (Å²) in [5, 5.41) is 7.22. The van der Waals surface area contributed by atoms with Gasteiger partial charge in [-0.15, -0.1) is 5.11 Å². The number of azo groups is 1. The van der Waals surface area contributed by atoms with Gasteiger partial charge >= 0.3 is 5.97 Å². The molecule has 0 saturated heterocycles. The normalized spacial score (nSPS) is 13.4. The summed E-state index contributed by atoms with van der Waals surface area (Å²) < 4.78 is 4.73. The second kappa shape index (κ2) is 6.82. The maximum absolute atomic E-state index is 11.1. The molecule has 2 N–H and O–H groups in total. The lowest BCUT2D eigenvalue weighted by Gasteiger charge is -1.98. The van der Waals surface area contributed by atoms with Crippen LogP contribution in [-0.2, 0) is 9.53 Å². The molecule has 0 bridgehead atoms. The summed E-state index contributed by atoms with van der Waals surface area (Å²) in [6.45, 7) is 5.43. The van der Waals surface area contributed by atoms with Gasteiger partial charge in [0.15, 0.2) is 0 Å². The van der Waals surface area contributed by atoms with Gasteiger partial charge in [0.25, 0.3) is 0 Å². The van der Waals surface area contributed by atoms with Crippen molar-refractivity contribution < 1.29 is 9.53 Å². The molecule has 0 spiro atoms. The van der Waals surface area contributed by atoms with Crippen LogP contribution in [-0.4, -0.2) is 12.6 Å². The Morgan fingerprint density at radius 1 is 1.57 bits per heavy atom. The molecule has 0 aromatic carbocycles. The molecule has 0 amide bonds. The summed E-state index contributed by atoms with van der Waals surface area (Å²) in [7, 11) is 0. The molecule has 0 fully saturated rings. The Kier molecular flexibility index (Phi) is 6.02. The Bertz CT molecular complexity index is 280. The molecule has 0 heterocycles. The largest absolute Gasteiger partial charge is 0.463 e. The highest BCUT2D eigenvalue weighted by molar-refractivity contribution is 5.87. The zero-order chi connectivity index (χ0) is 11.0. The molecule has 5 heteroatoms. The highest BCUT2D eigenvalue weighted by Crippen LogP contribution is 1.98. The Labute approximate surface area is 83.3 Å². The predicted molar refractivity (Wildman–Crippen MR) is 53.2 cm³/mol. The number of hydrogen-bond donors (Lipinski definition) is 1. The van der Waals surface area contributed by atoms with Gasteiger partial charge in [0.2, 0.25) is 0 Å². The van der Waals surface area contributed by atoms with Gasteiger partial charge in [-0.3, -0.25) is 0 Å². The van der Waals surface area contributed by atoms with Crippen molar-refractivity contribution in [3.8, 4) is 0 Å². The van der Waals surface area contributed by atoms with Crippen molar-refractivity contribution in [2.45, 2.75) is 20.8 Å². The average molecular weight is 197 g/mol. The molecular formula is C9H15N3O2. The van der Waals surface area contributed by atoms with Crippen LogP contribution in [0.2, 0.25) is 0 Å². The molecule has 0 saturated carbocycles. The molecule has 0 aliphatic heterocycles. The van der Waals surface area contributed by atoms with E-state index in [2.05, 4.69) is 10.2 Å². The number of rotatable bonds is 4. The lowest BCUT2D eigenvalue weighted by molar-refractivity contribution is -0.138. The maximum Gasteiger partial charge on any atom is 0.335 e. The lowest BCUT2D eigenvalue weighted by Crippen LogP contribution is -2.04. The molecule has 14 heavy (non-hydrogen) atoms. The highest BCUT2D eigenvalue weighted by Gasteiger charge is 2.02. The third-order valence-corrected chi connectivity index (χ3v) is 1.32. The van der Waals surface area contributed by atoms with Gasteiger partial charge in [0.05, 0.1) is 18.4 Å². The number of carbonyl (C=O) groups excluding carboxylic acids is 1. The SMILES string of the molecule is C\C=C(N)/N=N\C=C(/C)C(=O)OCC. The smallest absolute Gasteiger partial charge is 0.335 e. The van der Waals surface area contributed by atoms with Crippen molar-refractivity contribution in [1.82, 2.24) is 0 Å². The maximum atomic E-state index is 11.1. The van der Waals surface area contributed by atoms with Crippen LogP contribution >= 0.6 is 0 Å². The van der Waals surface area contributed by atoms with E-state index in [4.69, 9.17) is 10.5 Å². The molecule has 0 radical (unpaired) electrons. The minimum Gasteiger partial charge on any atom is -0.463 e. The Morgan fingerprint density at radius 3 is 2.71 bits per heavy atom. The third-order valence-electron chi connectivity index (χ3n) is 1.32. The molecular weight excluding hydrogens is 182 g/mol. The molecule has 78 valence electrons. The van der Waals surface area contributed by atoms with Crippen LogP contribution in [0.3, 0.4) is 0 Å². The number of ether oxygens (including phenoxy) is 1. The van der Waals surface area contributed by atoms with Crippen molar-refractivity contribution in [3.63, 3.8) is 0 Å². The van der Waals surface area contributed by atoms with Gasteiger partial charge in [-0.1, -0.05) is 0 Å². The third kappa shape index (κ3) is 5.08. The fraction of sp³-hybridized carbons (Fsp3) is 0.444. The fourth-order valence-electron chi connectivity index (χ4n) is 0.538. The molecule has 0 aliphatic rings. The van der Waals surface area contributed by atoms with Crippen molar-refractivity contribution in [2.75, 3.05) is 6.61 Å². The minimum absolute atomic E-state index is 0.304. The summed E-state index contributed by atoms with van der Waals surface area (Å²) in [4.78, 5) is 11.1. The van der Waals surface area contributed by atoms with Crippen LogP contribution in [0.1, 0.15) is 20.8 Å². The molecule has 0 atom stereocenters. The second-order valence-corrected chi connectivity index (χ2v) is 2.46. The lowest BCUT2D eigenvalue weighted by atomic mass is 10.3. The van der Waals surface area contributed by atoms with Gasteiger partial charge < -0.3 is 10.5 Å². The van der Waals surface area contributed by atoms with E-state index in [1.807, 2.05) is 0 Å². The average Bonchev–Trinajstić information content (AvgIpc) is 2.17. The van der Waals surface area contributed by atoms with E-state index < -0.39 is 5.97 Å². The zero-order valence-electron chi connectivity index (χ0n) is 8.65. The second-order valence-electron chi connectivity index (χ2n) is 2.46. The summed E-state index contributed by atoms with van der Waals surface area (Å²) in [6, 6.07) is 0. The fourth-order valence-corrected chi connectivity index (χ4v) is 0.538. The van der Waals surface area contributed by atoms with Crippen molar-refractivity contribution >= 4 is 5.97 Å². The zero-order valence-corrected chi connectivity index (χ0v) is 8.65. The first-order chi connectivity index (χ1) is 6.61. The summed E-state index contributed by atoms with van der Waals surface area (Å²) in [5.74, 6) is -0.0941. The van der Waals surface area contributed by atoms with E-state index in [0.717, 1.165) is 0 Å². The van der Waals surface area contributed by atoms with Crippen LogP contribution in [0, 0.1) is 0 Å². The number of nitrogens with two attached hydrogens (primary N) is 1. The van der Waals surface area contributed by atoms with E-state index in [9.17, 15) is 4.79 Å². The molecule has 0 aromatic rings. The van der Waals surface area contributed by atoms with E-state index in [1.54, 1.807) is 26.8 Å². The topological polar surface area (TPSA) is 77.0 Å². The van der Waals surface area contributed by atoms with Crippen LogP contribution in [0.15, 0.2) is 33.9 Å². The Morgan fingerprint density at radius 2 is 2.21 bits per heavy atom. The van der Waals surface area contributed by atoms with Crippen LogP contribution in [0.25, 0.3) is 0 Å². The van der Waals surface area contributed by atoms with Gasteiger partial charge in [-0.25, -0.2) is 4.79 Å². The number of hydrogen-bond acceptors (Lipinski definition) is 5. The summed E-state index contributed by atoms with van der Waals surface area (Å²) in [5.41, 5.74) is 5.74. The van der Waals surface area contributed by atoms with Crippen LogP contribution in [0.4, 0.5) is 0 Å². The number of carbonyl (C=O) groups is 1. The standard InChI is InChI=1S/C9H15N3O2/c1-4-8(10)12-11-6-7(3)9(13)14-5-2/h4,6H,5,10H2,1-3H3/b7-6+,8-4-,12-11-. The van der Waals surface area contributed by atoms with Crippen LogP contribution in [0.5, 0.6) is 0 Å². The van der Waals surface area contributed by atoms with Crippen molar-refractivity contribution in [2.24, 2.45) is 16.0 Å². The minimum atomic E-state index is -0.398. The van der Waals surface area contributed by atoms with Gasteiger partial charge in [-0.2, -0.15) is 5.11 Å². The molecule has 0 unspecified atom stereocenters. The van der Waals surface area contributed by atoms with Crippen molar-refractivity contribution in [3.05, 3.63) is 23.7 Å². The van der Waals surface area contributed by atoms with E-state index in [-0.39, 0.29) is 0 Å².